The van der Waals surface area contributed by atoms with Crippen molar-refractivity contribution in [2.75, 3.05) is 53.0 Å². The zero-order chi connectivity index (χ0) is 20.8. The van der Waals surface area contributed by atoms with Gasteiger partial charge in [0, 0.05) is 38.4 Å². The molecule has 1 fully saturated rings. The number of ether oxygens (including phenoxy) is 2. The van der Waals surface area contributed by atoms with Crippen molar-refractivity contribution < 1.29 is 19.1 Å². The van der Waals surface area contributed by atoms with Gasteiger partial charge in [-0.3, -0.25) is 4.90 Å². The van der Waals surface area contributed by atoms with Crippen molar-refractivity contribution in [3.8, 4) is 0 Å². The average Bonchev–Trinajstić information content (AvgIpc) is 2.72. The maximum atomic E-state index is 12.6. The highest BCUT2D eigenvalue weighted by Gasteiger charge is 2.34. The quantitative estimate of drug-likeness (QED) is 0.466. The molecule has 2 heterocycles. The number of morpholine rings is 1. The molecule has 29 heavy (non-hydrogen) atoms. The van der Waals surface area contributed by atoms with Crippen LogP contribution >= 0.6 is 0 Å². The van der Waals surface area contributed by atoms with Crippen LogP contribution in [-0.2, 0) is 14.3 Å². The van der Waals surface area contributed by atoms with Crippen LogP contribution in [0, 0.1) is 13.8 Å². The third-order valence-corrected chi connectivity index (χ3v) is 5.31. The molecule has 2 aliphatic rings. The van der Waals surface area contributed by atoms with Crippen LogP contribution in [0.15, 0.2) is 29.5 Å². The molecular formula is C21H30N4O4. The summed E-state index contributed by atoms with van der Waals surface area (Å²) >= 11 is 0. The van der Waals surface area contributed by atoms with Crippen molar-refractivity contribution in [2.24, 2.45) is 0 Å². The van der Waals surface area contributed by atoms with E-state index < -0.39 is 12.0 Å². The lowest BCUT2D eigenvalue weighted by Crippen LogP contribution is -2.48. The number of hydrogen-bond donors (Lipinski definition) is 3. The maximum Gasteiger partial charge on any atom is 0.338 e. The molecule has 1 saturated heterocycles. The molecule has 2 amide bonds. The van der Waals surface area contributed by atoms with Crippen LogP contribution in [-0.4, -0.2) is 69.9 Å². The minimum absolute atomic E-state index is 0.325. The van der Waals surface area contributed by atoms with E-state index in [4.69, 9.17) is 9.47 Å². The van der Waals surface area contributed by atoms with E-state index in [1.165, 1.54) is 7.11 Å². The molecule has 158 valence electrons. The van der Waals surface area contributed by atoms with Crippen LogP contribution < -0.4 is 16.0 Å². The Morgan fingerprint density at radius 2 is 2.07 bits per heavy atom. The molecule has 0 bridgehead atoms. The summed E-state index contributed by atoms with van der Waals surface area (Å²) in [6.07, 6.45) is 0. The van der Waals surface area contributed by atoms with Crippen molar-refractivity contribution >= 4 is 12.0 Å². The molecular weight excluding hydrogens is 372 g/mol. The van der Waals surface area contributed by atoms with Gasteiger partial charge in [-0.05, 0) is 25.0 Å². The summed E-state index contributed by atoms with van der Waals surface area (Å²) in [7, 11) is 1.36. The molecule has 0 aliphatic carbocycles. The molecule has 0 radical (unpaired) electrons. The molecule has 1 aromatic rings. The van der Waals surface area contributed by atoms with Gasteiger partial charge in [0.25, 0.3) is 0 Å². The van der Waals surface area contributed by atoms with Crippen LogP contribution in [0.2, 0.25) is 0 Å². The third-order valence-electron chi connectivity index (χ3n) is 5.31. The first-order valence-electron chi connectivity index (χ1n) is 9.96. The number of amides is 2. The number of aryl methyl sites for hydroxylation is 2. The minimum Gasteiger partial charge on any atom is -0.466 e. The fourth-order valence-electron chi connectivity index (χ4n) is 3.69. The molecule has 1 aromatic carbocycles. The summed E-state index contributed by atoms with van der Waals surface area (Å²) in [6.45, 7) is 9.34. The van der Waals surface area contributed by atoms with Crippen LogP contribution in [0.25, 0.3) is 0 Å². The Balaban J connectivity index is 1.78. The van der Waals surface area contributed by atoms with Gasteiger partial charge in [0.05, 0.1) is 31.9 Å². The van der Waals surface area contributed by atoms with Gasteiger partial charge in [-0.1, -0.05) is 23.8 Å². The highest BCUT2D eigenvalue weighted by atomic mass is 16.5. The van der Waals surface area contributed by atoms with Crippen molar-refractivity contribution in [1.29, 1.82) is 0 Å². The highest BCUT2D eigenvalue weighted by Crippen LogP contribution is 2.30. The molecule has 3 rings (SSSR count). The topological polar surface area (TPSA) is 91.9 Å². The number of rotatable bonds is 7. The minimum atomic E-state index is -0.549. The Kier molecular flexibility index (Phi) is 7.24. The number of nitrogens with zero attached hydrogens (tertiary/aromatic N) is 1. The molecule has 8 heteroatoms. The number of carbonyl (C=O) groups excluding carboxylic acids is 2. The number of urea groups is 1. The number of carbonyl (C=O) groups is 2. The number of benzene rings is 1. The first kappa shape index (κ1) is 21.3. The van der Waals surface area contributed by atoms with E-state index in [1.54, 1.807) is 0 Å². The summed E-state index contributed by atoms with van der Waals surface area (Å²) in [5.74, 6) is -0.451. The van der Waals surface area contributed by atoms with E-state index >= 15 is 0 Å². The van der Waals surface area contributed by atoms with Crippen molar-refractivity contribution in [3.63, 3.8) is 0 Å². The van der Waals surface area contributed by atoms with E-state index in [-0.39, 0.29) is 6.03 Å². The Hall–Kier alpha value is -2.42. The second kappa shape index (κ2) is 9.87. The van der Waals surface area contributed by atoms with Gasteiger partial charge in [0.1, 0.15) is 0 Å². The Bertz CT molecular complexity index is 787. The predicted molar refractivity (Wildman–Crippen MR) is 109 cm³/mol. The number of hydrogen-bond acceptors (Lipinski definition) is 6. The number of esters is 1. The summed E-state index contributed by atoms with van der Waals surface area (Å²) in [6, 6.07) is 5.13. The van der Waals surface area contributed by atoms with Gasteiger partial charge in [0.15, 0.2) is 0 Å². The fraction of sp³-hybridized carbons (Fsp3) is 0.524. The molecule has 0 aromatic heterocycles. The Labute approximate surface area is 171 Å². The largest absolute Gasteiger partial charge is 0.466 e. The zero-order valence-electron chi connectivity index (χ0n) is 17.3. The summed E-state index contributed by atoms with van der Waals surface area (Å²) in [5.41, 5.74) is 3.94. The van der Waals surface area contributed by atoms with Gasteiger partial charge in [-0.15, -0.1) is 0 Å². The lowest BCUT2D eigenvalue weighted by Gasteiger charge is -2.31. The van der Waals surface area contributed by atoms with E-state index in [1.807, 2.05) is 32.0 Å². The lowest BCUT2D eigenvalue weighted by molar-refractivity contribution is -0.136. The molecule has 3 N–H and O–H groups in total. The maximum absolute atomic E-state index is 12.6. The van der Waals surface area contributed by atoms with E-state index in [0.717, 1.165) is 56.1 Å². The van der Waals surface area contributed by atoms with Crippen molar-refractivity contribution in [1.82, 2.24) is 20.9 Å². The third kappa shape index (κ3) is 5.35. The fourth-order valence-corrected chi connectivity index (χ4v) is 3.69. The number of nitrogens with one attached hydrogen (secondary N) is 3. The van der Waals surface area contributed by atoms with Crippen LogP contribution in [0.3, 0.4) is 0 Å². The van der Waals surface area contributed by atoms with Gasteiger partial charge >= 0.3 is 12.0 Å². The SMILES string of the molecule is COC(=O)C1=C(CNCCN2CCOCC2)NC(=O)N[C@@H]1c1cc(C)ccc1C. The van der Waals surface area contributed by atoms with E-state index in [2.05, 4.69) is 20.9 Å². The van der Waals surface area contributed by atoms with Crippen LogP contribution in [0.1, 0.15) is 22.7 Å². The smallest absolute Gasteiger partial charge is 0.338 e. The molecule has 0 spiro atoms. The predicted octanol–water partition coefficient (Wildman–Crippen LogP) is 1.01. The first-order chi connectivity index (χ1) is 14.0. The summed E-state index contributed by atoms with van der Waals surface area (Å²) in [5, 5.41) is 9.01. The normalized spacial score (nSPS) is 20.2. The van der Waals surface area contributed by atoms with Crippen LogP contribution in [0.5, 0.6) is 0 Å². The highest BCUT2D eigenvalue weighted by molar-refractivity contribution is 5.95. The standard InChI is InChI=1S/C21H30N4O4/c1-14-4-5-15(2)16(12-14)19-18(20(26)28-3)17(23-21(27)24-19)13-22-6-7-25-8-10-29-11-9-25/h4-5,12,19,22H,6-11,13H2,1-3H3,(H2,23,24,27)/t19-/m1/s1. The second-order valence-electron chi connectivity index (χ2n) is 7.41. The molecule has 0 unspecified atom stereocenters. The Morgan fingerprint density at radius 1 is 1.31 bits per heavy atom. The first-order valence-corrected chi connectivity index (χ1v) is 9.96. The van der Waals surface area contributed by atoms with Gasteiger partial charge in [0.2, 0.25) is 0 Å². The molecule has 1 atom stereocenters. The number of methoxy groups -OCH3 is 1. The van der Waals surface area contributed by atoms with E-state index in [9.17, 15) is 9.59 Å². The Morgan fingerprint density at radius 3 is 2.79 bits per heavy atom. The molecule has 2 aliphatic heterocycles. The molecule has 8 nitrogen and oxygen atoms in total. The van der Waals surface area contributed by atoms with Gasteiger partial charge in [-0.2, -0.15) is 0 Å². The monoisotopic (exact) mass is 402 g/mol. The summed E-state index contributed by atoms with van der Waals surface area (Å²) in [4.78, 5) is 27.3. The average molecular weight is 402 g/mol. The van der Waals surface area contributed by atoms with E-state index in [0.29, 0.717) is 17.8 Å². The summed E-state index contributed by atoms with van der Waals surface area (Å²) < 4.78 is 10.4. The zero-order valence-corrected chi connectivity index (χ0v) is 17.3. The lowest BCUT2D eigenvalue weighted by atomic mass is 9.91. The van der Waals surface area contributed by atoms with Gasteiger partial charge in [-0.25, -0.2) is 9.59 Å². The molecule has 0 saturated carbocycles. The van der Waals surface area contributed by atoms with Gasteiger partial charge < -0.3 is 25.4 Å². The van der Waals surface area contributed by atoms with Crippen LogP contribution in [0.4, 0.5) is 4.79 Å². The van der Waals surface area contributed by atoms with Crippen molar-refractivity contribution in [3.05, 3.63) is 46.2 Å². The second-order valence-corrected chi connectivity index (χ2v) is 7.41. The van der Waals surface area contributed by atoms with Crippen molar-refractivity contribution in [2.45, 2.75) is 19.9 Å².